The van der Waals surface area contributed by atoms with Crippen LogP contribution in [0.1, 0.15) is 60.1 Å². The molecule has 0 saturated carbocycles. The molecule has 0 aliphatic heterocycles. The minimum atomic E-state index is -0.0333. The lowest BCUT2D eigenvalue weighted by Gasteiger charge is -2.35. The molecule has 0 aliphatic rings. The third kappa shape index (κ3) is 6.03. The second-order valence-corrected chi connectivity index (χ2v) is 11.3. The molecule has 4 rings (SSSR count). The van der Waals surface area contributed by atoms with Gasteiger partial charge in [0.1, 0.15) is 12.4 Å². The Hall–Kier alpha value is -3.22. The number of aryl methyl sites for hydroxylation is 2. The zero-order valence-corrected chi connectivity index (χ0v) is 23.7. The zero-order valence-electron chi connectivity index (χ0n) is 22.7. The van der Waals surface area contributed by atoms with Gasteiger partial charge in [0.25, 0.3) is 0 Å². The molecule has 0 N–H and O–H groups in total. The lowest BCUT2D eigenvalue weighted by Crippen LogP contribution is -2.26. The molecule has 3 heteroatoms. The van der Waals surface area contributed by atoms with Gasteiger partial charge in [0.05, 0.1) is 5.71 Å². The van der Waals surface area contributed by atoms with Gasteiger partial charge in [-0.3, -0.25) is 4.99 Å². The highest BCUT2D eigenvalue weighted by Gasteiger charge is 2.34. The maximum atomic E-state index is 6.50. The number of nitrogens with zero attached hydrogens (tertiary/aromatic N) is 1. The third-order valence-electron chi connectivity index (χ3n) is 7.26. The highest BCUT2D eigenvalue weighted by molar-refractivity contribution is 7.49. The van der Waals surface area contributed by atoms with E-state index in [0.29, 0.717) is 15.2 Å². The average Bonchev–Trinajstić information content (AvgIpc) is 2.94. The molecule has 4 aromatic carbocycles. The minimum absolute atomic E-state index is 0.0333. The molecular weight excluding hydrogens is 469 g/mol. The van der Waals surface area contributed by atoms with Crippen LogP contribution in [-0.2, 0) is 11.8 Å². The molecule has 190 valence electrons. The number of aliphatic imine (C=N–C) groups is 1. The predicted octanol–water partition coefficient (Wildman–Crippen LogP) is 8.37. The fourth-order valence-electron chi connectivity index (χ4n) is 5.03. The molecule has 1 atom stereocenters. The lowest BCUT2D eigenvalue weighted by molar-refractivity contribution is 0.298. The SMILES string of the molecule is CCC(CC)(Pc1c(C)cccc1/C(=N/C)c1ccccc1)c1cc(C)ccc1OCc1ccccc1. The molecule has 0 heterocycles. The van der Waals surface area contributed by atoms with Crippen molar-refractivity contribution in [2.75, 3.05) is 7.05 Å². The van der Waals surface area contributed by atoms with E-state index >= 15 is 0 Å². The predicted molar refractivity (Wildman–Crippen MR) is 161 cm³/mol. The van der Waals surface area contributed by atoms with E-state index < -0.39 is 0 Å². The molecule has 0 spiro atoms. The van der Waals surface area contributed by atoms with Gasteiger partial charge < -0.3 is 4.74 Å². The molecule has 2 nitrogen and oxygen atoms in total. The van der Waals surface area contributed by atoms with Crippen LogP contribution < -0.4 is 10.0 Å². The maximum absolute atomic E-state index is 6.50. The normalized spacial score (nSPS) is 12.3. The van der Waals surface area contributed by atoms with E-state index in [1.807, 2.05) is 13.1 Å². The Morgan fingerprint density at radius 2 is 1.49 bits per heavy atom. The highest BCUT2D eigenvalue weighted by Crippen LogP contribution is 2.51. The van der Waals surface area contributed by atoms with Crippen LogP contribution in [-0.4, -0.2) is 12.8 Å². The number of hydrogen-bond acceptors (Lipinski definition) is 2. The van der Waals surface area contributed by atoms with Crippen molar-refractivity contribution in [3.8, 4) is 5.75 Å². The summed E-state index contributed by atoms with van der Waals surface area (Å²) in [7, 11) is 2.49. The van der Waals surface area contributed by atoms with Crippen LogP contribution in [0.4, 0.5) is 0 Å². The quantitative estimate of drug-likeness (QED) is 0.156. The van der Waals surface area contributed by atoms with Gasteiger partial charge in [-0.15, -0.1) is 0 Å². The minimum Gasteiger partial charge on any atom is -0.489 e. The first-order chi connectivity index (χ1) is 18.0. The summed E-state index contributed by atoms with van der Waals surface area (Å²) in [6.45, 7) is 9.64. The Labute approximate surface area is 224 Å². The summed E-state index contributed by atoms with van der Waals surface area (Å²) in [5.74, 6) is 0.994. The first kappa shape index (κ1) is 26.8. The van der Waals surface area contributed by atoms with Gasteiger partial charge in [0.15, 0.2) is 0 Å². The maximum Gasteiger partial charge on any atom is 0.123 e. The summed E-state index contributed by atoms with van der Waals surface area (Å²) >= 11 is 0. The van der Waals surface area contributed by atoms with Gasteiger partial charge in [-0.1, -0.05) is 119 Å². The number of rotatable bonds is 10. The van der Waals surface area contributed by atoms with Crippen molar-refractivity contribution in [1.82, 2.24) is 0 Å². The lowest BCUT2D eigenvalue weighted by atomic mass is 9.90. The van der Waals surface area contributed by atoms with Gasteiger partial charge in [-0.05, 0) is 49.2 Å². The van der Waals surface area contributed by atoms with Crippen LogP contribution in [0.25, 0.3) is 0 Å². The van der Waals surface area contributed by atoms with Gasteiger partial charge in [0, 0.05) is 28.9 Å². The average molecular weight is 508 g/mol. The molecule has 0 amide bonds. The summed E-state index contributed by atoms with van der Waals surface area (Å²) < 4.78 is 6.50. The first-order valence-electron chi connectivity index (χ1n) is 13.2. The standard InChI is InChI=1S/C34H38NOP/c1-6-34(7-2,30-23-25(3)21-22-31(30)36-24-27-16-10-8-11-17-27)37-33-26(4)15-14-20-29(33)32(35-5)28-18-12-9-13-19-28/h8-23,37H,6-7,24H2,1-5H3/b35-32+. The van der Waals surface area contributed by atoms with E-state index in [4.69, 9.17) is 9.73 Å². The van der Waals surface area contributed by atoms with Crippen molar-refractivity contribution in [2.24, 2.45) is 4.99 Å². The molecule has 0 radical (unpaired) electrons. The zero-order chi connectivity index (χ0) is 26.3. The summed E-state index contributed by atoms with van der Waals surface area (Å²) in [6, 6.07) is 34.3. The number of ether oxygens (including phenoxy) is 1. The van der Waals surface area contributed by atoms with Crippen LogP contribution in [0.2, 0.25) is 0 Å². The van der Waals surface area contributed by atoms with E-state index in [1.165, 1.54) is 33.1 Å². The van der Waals surface area contributed by atoms with Crippen molar-refractivity contribution >= 4 is 19.6 Å². The van der Waals surface area contributed by atoms with Gasteiger partial charge >= 0.3 is 0 Å². The molecule has 4 aromatic rings. The number of benzene rings is 4. The molecule has 0 bridgehead atoms. The molecule has 1 unspecified atom stereocenters. The first-order valence-corrected chi connectivity index (χ1v) is 14.2. The summed E-state index contributed by atoms with van der Waals surface area (Å²) in [4.78, 5) is 4.78. The highest BCUT2D eigenvalue weighted by atomic mass is 31.1. The second kappa shape index (κ2) is 12.3. The Kier molecular flexibility index (Phi) is 8.95. The van der Waals surface area contributed by atoms with Crippen LogP contribution >= 0.6 is 8.58 Å². The topological polar surface area (TPSA) is 21.6 Å². The fraction of sp³-hybridized carbons (Fsp3) is 0.265. The largest absolute Gasteiger partial charge is 0.489 e. The van der Waals surface area contributed by atoms with Crippen molar-refractivity contribution in [3.05, 3.63) is 130 Å². The van der Waals surface area contributed by atoms with Gasteiger partial charge in [0.2, 0.25) is 0 Å². The summed E-state index contributed by atoms with van der Waals surface area (Å²) in [5, 5.41) is 1.36. The van der Waals surface area contributed by atoms with E-state index in [2.05, 4.69) is 119 Å². The van der Waals surface area contributed by atoms with Gasteiger partial charge in [-0.2, -0.15) is 0 Å². The molecule has 0 fully saturated rings. The van der Waals surface area contributed by atoms with Crippen LogP contribution in [0.3, 0.4) is 0 Å². The Bertz CT molecular complexity index is 1340. The van der Waals surface area contributed by atoms with Crippen LogP contribution in [0, 0.1) is 13.8 Å². The van der Waals surface area contributed by atoms with Crippen LogP contribution in [0.15, 0.2) is 102 Å². The van der Waals surface area contributed by atoms with E-state index in [9.17, 15) is 0 Å². The van der Waals surface area contributed by atoms with Crippen LogP contribution in [0.5, 0.6) is 5.75 Å². The molecular formula is C34H38NOP. The van der Waals surface area contributed by atoms with Crippen molar-refractivity contribution in [2.45, 2.75) is 52.3 Å². The van der Waals surface area contributed by atoms with Gasteiger partial charge in [-0.25, -0.2) is 0 Å². The van der Waals surface area contributed by atoms with Crippen molar-refractivity contribution < 1.29 is 4.74 Å². The monoisotopic (exact) mass is 507 g/mol. The molecule has 0 aromatic heterocycles. The number of hydrogen-bond donors (Lipinski definition) is 0. The third-order valence-corrected chi connectivity index (χ3v) is 9.63. The molecule has 0 saturated heterocycles. The Balaban J connectivity index is 1.78. The van der Waals surface area contributed by atoms with E-state index in [0.717, 1.165) is 29.9 Å². The van der Waals surface area contributed by atoms with E-state index in [1.54, 1.807) is 0 Å². The summed E-state index contributed by atoms with van der Waals surface area (Å²) in [5.41, 5.74) is 8.53. The Morgan fingerprint density at radius 1 is 0.811 bits per heavy atom. The summed E-state index contributed by atoms with van der Waals surface area (Å²) in [6.07, 6.45) is 2.07. The van der Waals surface area contributed by atoms with Crippen molar-refractivity contribution in [3.63, 3.8) is 0 Å². The van der Waals surface area contributed by atoms with E-state index in [-0.39, 0.29) is 5.16 Å². The Morgan fingerprint density at radius 3 is 2.14 bits per heavy atom. The smallest absolute Gasteiger partial charge is 0.123 e. The fourth-order valence-corrected chi connectivity index (χ4v) is 6.80. The van der Waals surface area contributed by atoms with Crippen molar-refractivity contribution in [1.29, 1.82) is 0 Å². The molecule has 37 heavy (non-hydrogen) atoms. The second-order valence-electron chi connectivity index (χ2n) is 9.62. The molecule has 0 aliphatic carbocycles.